The van der Waals surface area contributed by atoms with Crippen LogP contribution in [0.25, 0.3) is 16.7 Å². The smallest absolute Gasteiger partial charge is 0.267 e. The van der Waals surface area contributed by atoms with Crippen LogP contribution >= 0.6 is 0 Å². The van der Waals surface area contributed by atoms with Gasteiger partial charge in [-0.05, 0) is 50.6 Å². The Morgan fingerprint density at radius 1 is 1.16 bits per heavy atom. The number of hydrogen-bond donors (Lipinski definition) is 2. The lowest BCUT2D eigenvalue weighted by Gasteiger charge is -2.26. The number of carbonyl (C=O) groups is 1. The second kappa shape index (κ2) is 10.1. The lowest BCUT2D eigenvalue weighted by Crippen LogP contribution is -2.40. The highest BCUT2D eigenvalue weighted by Gasteiger charge is 2.18. The zero-order chi connectivity index (χ0) is 22.5. The van der Waals surface area contributed by atoms with Crippen molar-refractivity contribution in [3.63, 3.8) is 0 Å². The van der Waals surface area contributed by atoms with Crippen LogP contribution in [-0.4, -0.2) is 50.9 Å². The van der Waals surface area contributed by atoms with Crippen molar-refractivity contribution in [1.82, 2.24) is 24.2 Å². The van der Waals surface area contributed by atoms with Gasteiger partial charge in [-0.1, -0.05) is 32.3 Å². The van der Waals surface area contributed by atoms with E-state index in [2.05, 4.69) is 22.1 Å². The zero-order valence-corrected chi connectivity index (χ0v) is 18.8. The van der Waals surface area contributed by atoms with E-state index in [1.165, 1.54) is 23.7 Å². The topological polar surface area (TPSA) is 95.5 Å². The van der Waals surface area contributed by atoms with Crippen molar-refractivity contribution >= 4 is 22.6 Å². The van der Waals surface area contributed by atoms with Crippen LogP contribution in [0.1, 0.15) is 55.8 Å². The summed E-state index contributed by atoms with van der Waals surface area (Å²) in [6.45, 7) is 6.15. The maximum atomic E-state index is 13.2. The highest BCUT2D eigenvalue weighted by Crippen LogP contribution is 2.12. The third-order valence-corrected chi connectivity index (χ3v) is 6.21. The van der Waals surface area contributed by atoms with Crippen LogP contribution in [0.2, 0.25) is 0 Å². The third-order valence-electron chi connectivity index (χ3n) is 6.21. The van der Waals surface area contributed by atoms with E-state index in [0.717, 1.165) is 38.9 Å². The predicted octanol–water partition coefficient (Wildman–Crippen LogP) is 2.53. The molecule has 0 atom stereocenters. The molecule has 4 rings (SSSR count). The Morgan fingerprint density at radius 3 is 2.75 bits per heavy atom. The number of amides is 1. The molecule has 0 bridgehead atoms. The average Bonchev–Trinajstić information content (AvgIpc) is 2.81. The number of piperidine rings is 1. The minimum absolute atomic E-state index is 0.108. The molecule has 1 amide bonds. The number of likely N-dealkylation sites (tertiary alicyclic amines) is 1. The van der Waals surface area contributed by atoms with E-state index < -0.39 is 0 Å². The first-order valence-corrected chi connectivity index (χ1v) is 11.7. The quantitative estimate of drug-likeness (QED) is 0.419. The van der Waals surface area contributed by atoms with E-state index in [9.17, 15) is 9.59 Å². The van der Waals surface area contributed by atoms with E-state index in [1.807, 2.05) is 6.07 Å². The molecule has 170 valence electrons. The van der Waals surface area contributed by atoms with E-state index in [0.29, 0.717) is 29.8 Å². The molecular weight excluding hydrogens is 404 g/mol. The second-order valence-corrected chi connectivity index (χ2v) is 8.51. The Hall–Kier alpha value is -3.00. The van der Waals surface area contributed by atoms with Crippen LogP contribution in [0, 0.1) is 5.41 Å². The Kier molecular flexibility index (Phi) is 6.99. The number of nitrogens with one attached hydrogen (secondary N) is 2. The number of carbonyl (C=O) groups excluding carboxylic acids is 1. The van der Waals surface area contributed by atoms with Gasteiger partial charge in [0.15, 0.2) is 0 Å². The SMILES string of the molecule is CCCCCn1c(=N)c(C(=O)NCCN2CCCCC2)cc2c(=O)n3ccccc3nc21. The first-order chi connectivity index (χ1) is 15.6. The monoisotopic (exact) mass is 436 g/mol. The number of hydrogen-bond acceptors (Lipinski definition) is 5. The Balaban J connectivity index is 1.69. The molecule has 1 aliphatic rings. The van der Waals surface area contributed by atoms with Crippen LogP contribution in [0.5, 0.6) is 0 Å². The van der Waals surface area contributed by atoms with Crippen molar-refractivity contribution in [3.05, 3.63) is 51.9 Å². The Labute approximate surface area is 187 Å². The molecule has 4 heterocycles. The van der Waals surface area contributed by atoms with E-state index >= 15 is 0 Å². The first-order valence-electron chi connectivity index (χ1n) is 11.7. The van der Waals surface area contributed by atoms with Gasteiger partial charge in [-0.25, -0.2) is 4.98 Å². The number of nitrogens with zero attached hydrogens (tertiary/aromatic N) is 4. The summed E-state index contributed by atoms with van der Waals surface area (Å²) in [5, 5.41) is 12.1. The molecule has 0 spiro atoms. The fourth-order valence-corrected chi connectivity index (χ4v) is 4.40. The summed E-state index contributed by atoms with van der Waals surface area (Å²) in [6, 6.07) is 6.94. The van der Waals surface area contributed by atoms with Crippen molar-refractivity contribution in [1.29, 1.82) is 5.41 Å². The molecule has 1 fully saturated rings. The number of fused-ring (bicyclic) bond motifs is 2. The molecule has 8 heteroatoms. The van der Waals surface area contributed by atoms with Gasteiger partial charge in [0.1, 0.15) is 16.8 Å². The molecule has 8 nitrogen and oxygen atoms in total. The summed E-state index contributed by atoms with van der Waals surface area (Å²) in [5.41, 5.74) is 1.11. The van der Waals surface area contributed by atoms with Gasteiger partial charge < -0.3 is 14.8 Å². The van der Waals surface area contributed by atoms with Crippen molar-refractivity contribution in [2.24, 2.45) is 0 Å². The van der Waals surface area contributed by atoms with Gasteiger partial charge in [0.05, 0.1) is 10.9 Å². The highest BCUT2D eigenvalue weighted by molar-refractivity contribution is 5.96. The predicted molar refractivity (Wildman–Crippen MR) is 125 cm³/mol. The molecule has 0 saturated carbocycles. The van der Waals surface area contributed by atoms with Gasteiger partial charge >= 0.3 is 0 Å². The molecular formula is C24H32N6O2. The van der Waals surface area contributed by atoms with Gasteiger partial charge in [0.25, 0.3) is 11.5 Å². The van der Waals surface area contributed by atoms with Crippen LogP contribution in [0.15, 0.2) is 35.3 Å². The average molecular weight is 437 g/mol. The van der Waals surface area contributed by atoms with E-state index in [-0.39, 0.29) is 22.5 Å². The summed E-state index contributed by atoms with van der Waals surface area (Å²) in [5.74, 6) is -0.310. The van der Waals surface area contributed by atoms with Crippen LogP contribution in [0.4, 0.5) is 0 Å². The summed E-state index contributed by atoms with van der Waals surface area (Å²) in [4.78, 5) is 33.2. The number of rotatable bonds is 8. The van der Waals surface area contributed by atoms with Gasteiger partial charge in [-0.15, -0.1) is 0 Å². The van der Waals surface area contributed by atoms with Gasteiger partial charge in [-0.2, -0.15) is 0 Å². The molecule has 2 N–H and O–H groups in total. The molecule has 3 aromatic rings. The van der Waals surface area contributed by atoms with Crippen LogP contribution in [-0.2, 0) is 6.54 Å². The lowest BCUT2D eigenvalue weighted by atomic mass is 10.1. The van der Waals surface area contributed by atoms with Crippen LogP contribution in [0.3, 0.4) is 0 Å². The minimum Gasteiger partial charge on any atom is -0.351 e. The maximum Gasteiger partial charge on any atom is 0.267 e. The standard InChI is InChI=1S/C24H32N6O2/c1-2-3-6-15-30-21(25)18(23(31)26-11-16-28-12-7-4-8-13-28)17-19-22(30)27-20-10-5-9-14-29(20)24(19)32/h5,9-10,14,17,25H,2-4,6-8,11-13,15-16H2,1H3,(H,26,31). The highest BCUT2D eigenvalue weighted by atomic mass is 16.1. The van der Waals surface area contributed by atoms with Crippen molar-refractivity contribution in [2.75, 3.05) is 26.2 Å². The van der Waals surface area contributed by atoms with E-state index in [1.54, 1.807) is 29.0 Å². The molecule has 32 heavy (non-hydrogen) atoms. The summed E-state index contributed by atoms with van der Waals surface area (Å²) in [7, 11) is 0. The van der Waals surface area contributed by atoms with Crippen molar-refractivity contribution in [3.8, 4) is 0 Å². The fourth-order valence-electron chi connectivity index (χ4n) is 4.40. The van der Waals surface area contributed by atoms with Crippen LogP contribution < -0.4 is 16.4 Å². The summed E-state index contributed by atoms with van der Waals surface area (Å²) < 4.78 is 3.21. The normalized spacial score (nSPS) is 14.8. The first kappa shape index (κ1) is 22.2. The number of pyridine rings is 2. The van der Waals surface area contributed by atoms with Crippen molar-refractivity contribution in [2.45, 2.75) is 52.0 Å². The van der Waals surface area contributed by atoms with Gasteiger partial charge in [-0.3, -0.25) is 19.4 Å². The van der Waals surface area contributed by atoms with E-state index in [4.69, 9.17) is 5.41 Å². The molecule has 1 aliphatic heterocycles. The minimum atomic E-state index is -0.310. The summed E-state index contributed by atoms with van der Waals surface area (Å²) >= 11 is 0. The number of unbranched alkanes of at least 4 members (excludes halogenated alkanes) is 2. The lowest BCUT2D eigenvalue weighted by molar-refractivity contribution is 0.0944. The molecule has 1 saturated heterocycles. The third kappa shape index (κ3) is 4.60. The van der Waals surface area contributed by atoms with Crippen molar-refractivity contribution < 1.29 is 4.79 Å². The number of aromatic nitrogens is 3. The largest absolute Gasteiger partial charge is 0.351 e. The Morgan fingerprint density at radius 2 is 1.97 bits per heavy atom. The van der Waals surface area contributed by atoms with Gasteiger partial charge in [0.2, 0.25) is 0 Å². The molecule has 0 radical (unpaired) electrons. The number of aryl methyl sites for hydroxylation is 1. The summed E-state index contributed by atoms with van der Waals surface area (Å²) in [6.07, 6.45) is 8.28. The zero-order valence-electron chi connectivity index (χ0n) is 18.8. The molecule has 0 aromatic carbocycles. The second-order valence-electron chi connectivity index (χ2n) is 8.51. The van der Waals surface area contributed by atoms with Gasteiger partial charge in [0, 0.05) is 25.8 Å². The molecule has 3 aromatic heterocycles. The Bertz CT molecular complexity index is 1220. The molecule has 0 aliphatic carbocycles. The fraction of sp³-hybridized carbons (Fsp3) is 0.500. The maximum absolute atomic E-state index is 13.2. The molecule has 0 unspecified atom stereocenters.